The Labute approximate surface area is 153 Å². The maximum Gasteiger partial charge on any atom is 0.323 e. The third-order valence-electron chi connectivity index (χ3n) is 4.63. The molecule has 134 valence electrons. The molecule has 2 saturated heterocycles. The summed E-state index contributed by atoms with van der Waals surface area (Å²) in [5, 5.41) is 14.3. The van der Waals surface area contributed by atoms with Crippen LogP contribution in [0.25, 0.3) is 10.6 Å². The maximum absolute atomic E-state index is 12.4. The molecule has 1 aromatic carbocycles. The molecule has 0 spiro atoms. The molecule has 2 aliphatic rings. The Morgan fingerprint density at radius 3 is 2.35 bits per heavy atom. The van der Waals surface area contributed by atoms with Crippen LogP contribution in [0.5, 0.6) is 0 Å². The van der Waals surface area contributed by atoms with Crippen molar-refractivity contribution >= 4 is 34.3 Å². The van der Waals surface area contributed by atoms with E-state index in [0.29, 0.717) is 5.13 Å². The van der Waals surface area contributed by atoms with Crippen LogP contribution in [0.1, 0.15) is 11.1 Å². The summed E-state index contributed by atoms with van der Waals surface area (Å²) in [6, 6.07) is 5.74. The van der Waals surface area contributed by atoms with E-state index < -0.39 is 11.8 Å². The number of likely N-dealkylation sites (tertiary alicyclic amines) is 1. The van der Waals surface area contributed by atoms with E-state index in [4.69, 9.17) is 0 Å². The lowest BCUT2D eigenvalue weighted by Crippen LogP contribution is -2.37. The van der Waals surface area contributed by atoms with Crippen LogP contribution in [0.4, 0.5) is 9.93 Å². The van der Waals surface area contributed by atoms with Crippen LogP contribution in [-0.4, -0.2) is 46.0 Å². The molecule has 0 aliphatic carbocycles. The number of urea groups is 1. The van der Waals surface area contributed by atoms with Crippen molar-refractivity contribution in [2.75, 3.05) is 18.4 Å². The number of aryl methyl sites for hydroxylation is 2. The first-order chi connectivity index (χ1) is 12.4. The Hall–Kier alpha value is -2.81. The molecule has 1 aromatic heterocycles. The van der Waals surface area contributed by atoms with Crippen LogP contribution in [0, 0.1) is 25.7 Å². The number of aromatic nitrogens is 2. The third-order valence-corrected chi connectivity index (χ3v) is 5.52. The van der Waals surface area contributed by atoms with Crippen molar-refractivity contribution in [2.45, 2.75) is 13.8 Å². The van der Waals surface area contributed by atoms with Crippen molar-refractivity contribution in [3.05, 3.63) is 29.3 Å². The van der Waals surface area contributed by atoms with Gasteiger partial charge in [-0.2, -0.15) is 0 Å². The summed E-state index contributed by atoms with van der Waals surface area (Å²) in [5.74, 6) is -1.51. The number of imide groups is 1. The van der Waals surface area contributed by atoms with E-state index in [0.717, 1.165) is 21.7 Å². The van der Waals surface area contributed by atoms with E-state index in [1.165, 1.54) is 16.2 Å². The van der Waals surface area contributed by atoms with E-state index in [2.05, 4.69) is 26.9 Å². The molecule has 9 heteroatoms. The van der Waals surface area contributed by atoms with Crippen LogP contribution in [-0.2, 0) is 9.59 Å². The van der Waals surface area contributed by atoms with Gasteiger partial charge < -0.3 is 4.90 Å². The standard InChI is InChI=1S/C17H17N5O3S/c1-8-3-9(2)5-10(4-8)15-20-21-16(26-15)19-17(25)22-6-11-12(7-22)14(24)18-13(11)23/h3-5,11-12H,6-7H2,1-2H3,(H,18,23,24)(H,19,21,25)/t11-,12+. The number of nitrogens with one attached hydrogen (secondary N) is 2. The van der Waals surface area contributed by atoms with Gasteiger partial charge in [-0.15, -0.1) is 10.2 Å². The van der Waals surface area contributed by atoms with Gasteiger partial charge in [-0.1, -0.05) is 28.5 Å². The van der Waals surface area contributed by atoms with Crippen molar-refractivity contribution in [1.29, 1.82) is 0 Å². The summed E-state index contributed by atoms with van der Waals surface area (Å²) in [6.45, 7) is 4.50. The van der Waals surface area contributed by atoms with Gasteiger partial charge >= 0.3 is 6.03 Å². The van der Waals surface area contributed by atoms with E-state index in [1.54, 1.807) is 0 Å². The van der Waals surface area contributed by atoms with Gasteiger partial charge in [0.2, 0.25) is 16.9 Å². The summed E-state index contributed by atoms with van der Waals surface area (Å²) < 4.78 is 0. The Morgan fingerprint density at radius 1 is 1.12 bits per heavy atom. The summed E-state index contributed by atoms with van der Waals surface area (Å²) >= 11 is 1.29. The second kappa shape index (κ2) is 6.17. The first-order valence-corrected chi connectivity index (χ1v) is 9.05. The van der Waals surface area contributed by atoms with Gasteiger partial charge in [0.25, 0.3) is 0 Å². The normalized spacial score (nSPS) is 21.7. The molecular weight excluding hydrogens is 354 g/mol. The van der Waals surface area contributed by atoms with Crippen LogP contribution >= 0.6 is 11.3 Å². The average molecular weight is 371 g/mol. The number of nitrogens with zero attached hydrogens (tertiary/aromatic N) is 3. The van der Waals surface area contributed by atoms with E-state index in [-0.39, 0.29) is 30.9 Å². The molecule has 4 rings (SSSR count). The molecule has 2 N–H and O–H groups in total. The van der Waals surface area contributed by atoms with Gasteiger partial charge in [-0.3, -0.25) is 20.2 Å². The largest absolute Gasteiger partial charge is 0.323 e. The zero-order valence-corrected chi connectivity index (χ0v) is 15.1. The van der Waals surface area contributed by atoms with Gasteiger partial charge in [0.1, 0.15) is 5.01 Å². The number of benzene rings is 1. The zero-order valence-electron chi connectivity index (χ0n) is 14.3. The SMILES string of the molecule is Cc1cc(C)cc(-c2nnc(NC(=O)N3C[C@@H]4C(=O)NC(=O)[C@@H]4C3)s2)c1. The monoisotopic (exact) mass is 371 g/mol. The summed E-state index contributed by atoms with van der Waals surface area (Å²) in [5.41, 5.74) is 3.22. The molecule has 0 unspecified atom stereocenters. The average Bonchev–Trinajstić information content (AvgIpc) is 3.25. The predicted molar refractivity (Wildman–Crippen MR) is 95.5 cm³/mol. The summed E-state index contributed by atoms with van der Waals surface area (Å²) in [7, 11) is 0. The van der Waals surface area contributed by atoms with Crippen LogP contribution in [0.2, 0.25) is 0 Å². The molecule has 0 saturated carbocycles. The quantitative estimate of drug-likeness (QED) is 0.780. The van der Waals surface area contributed by atoms with Gasteiger partial charge in [-0.25, -0.2) is 4.79 Å². The number of amides is 4. The Morgan fingerprint density at radius 2 is 1.73 bits per heavy atom. The first kappa shape index (κ1) is 16.6. The van der Waals surface area contributed by atoms with Crippen molar-refractivity contribution < 1.29 is 14.4 Å². The molecule has 3 heterocycles. The van der Waals surface area contributed by atoms with Gasteiger partial charge in [-0.05, 0) is 26.0 Å². The lowest BCUT2D eigenvalue weighted by atomic mass is 10.00. The zero-order chi connectivity index (χ0) is 18.4. The second-order valence-corrected chi connectivity index (χ2v) is 7.67. The minimum absolute atomic E-state index is 0.233. The lowest BCUT2D eigenvalue weighted by Gasteiger charge is -2.16. The molecule has 0 radical (unpaired) electrons. The second-order valence-electron chi connectivity index (χ2n) is 6.69. The number of carbonyl (C=O) groups excluding carboxylic acids is 3. The highest BCUT2D eigenvalue weighted by Gasteiger charge is 2.49. The molecule has 4 amide bonds. The van der Waals surface area contributed by atoms with E-state index >= 15 is 0 Å². The molecule has 26 heavy (non-hydrogen) atoms. The first-order valence-electron chi connectivity index (χ1n) is 8.23. The topological polar surface area (TPSA) is 104 Å². The number of rotatable bonds is 2. The minimum atomic E-state index is -0.450. The summed E-state index contributed by atoms with van der Waals surface area (Å²) in [6.07, 6.45) is 0. The number of fused-ring (bicyclic) bond motifs is 1. The molecule has 2 fully saturated rings. The number of hydrogen-bond acceptors (Lipinski definition) is 6. The lowest BCUT2D eigenvalue weighted by molar-refractivity contribution is -0.126. The highest BCUT2D eigenvalue weighted by Crippen LogP contribution is 2.30. The van der Waals surface area contributed by atoms with Crippen molar-refractivity contribution in [3.8, 4) is 10.6 Å². The molecule has 2 atom stereocenters. The fourth-order valence-corrected chi connectivity index (χ4v) is 4.19. The molecule has 2 aliphatic heterocycles. The third kappa shape index (κ3) is 2.94. The van der Waals surface area contributed by atoms with Crippen LogP contribution in [0.3, 0.4) is 0 Å². The van der Waals surface area contributed by atoms with Crippen molar-refractivity contribution in [2.24, 2.45) is 11.8 Å². The molecule has 8 nitrogen and oxygen atoms in total. The molecule has 2 aromatic rings. The van der Waals surface area contributed by atoms with Gasteiger partial charge in [0.15, 0.2) is 0 Å². The van der Waals surface area contributed by atoms with Crippen LogP contribution < -0.4 is 10.6 Å². The van der Waals surface area contributed by atoms with E-state index in [9.17, 15) is 14.4 Å². The fourth-order valence-electron chi connectivity index (χ4n) is 3.47. The minimum Gasteiger partial charge on any atom is -0.323 e. The number of anilines is 1. The Balaban J connectivity index is 1.45. The van der Waals surface area contributed by atoms with Crippen LogP contribution in [0.15, 0.2) is 18.2 Å². The highest BCUT2D eigenvalue weighted by atomic mass is 32.1. The Kier molecular flexibility index (Phi) is 3.95. The van der Waals surface area contributed by atoms with Gasteiger partial charge in [0.05, 0.1) is 11.8 Å². The molecule has 0 bridgehead atoms. The molecular formula is C17H17N5O3S. The van der Waals surface area contributed by atoms with Gasteiger partial charge in [0, 0.05) is 18.7 Å². The van der Waals surface area contributed by atoms with Crippen molar-refractivity contribution in [1.82, 2.24) is 20.4 Å². The smallest absolute Gasteiger partial charge is 0.323 e. The predicted octanol–water partition coefficient (Wildman–Crippen LogP) is 1.56. The maximum atomic E-state index is 12.4. The Bertz CT molecular complexity index is 883. The highest BCUT2D eigenvalue weighted by molar-refractivity contribution is 7.18. The van der Waals surface area contributed by atoms with Crippen molar-refractivity contribution in [3.63, 3.8) is 0 Å². The number of carbonyl (C=O) groups is 3. The number of hydrogen-bond donors (Lipinski definition) is 2. The summed E-state index contributed by atoms with van der Waals surface area (Å²) in [4.78, 5) is 37.3. The fraction of sp³-hybridized carbons (Fsp3) is 0.353. The van der Waals surface area contributed by atoms with E-state index in [1.807, 2.05) is 26.0 Å².